The van der Waals surface area contributed by atoms with Gasteiger partial charge in [-0.3, -0.25) is 19.4 Å². The summed E-state index contributed by atoms with van der Waals surface area (Å²) in [7, 11) is -0.594. The van der Waals surface area contributed by atoms with Gasteiger partial charge in [0.05, 0.1) is 35.5 Å². The number of H-pyrrole nitrogens is 1. The van der Waals surface area contributed by atoms with Crippen molar-refractivity contribution in [3.05, 3.63) is 164 Å². The highest BCUT2D eigenvalue weighted by Crippen LogP contribution is 2.41. The maximum absolute atomic E-state index is 13.6. The van der Waals surface area contributed by atoms with Gasteiger partial charge in [0, 0.05) is 64.6 Å². The van der Waals surface area contributed by atoms with Crippen molar-refractivity contribution in [2.24, 2.45) is 5.73 Å². The van der Waals surface area contributed by atoms with Gasteiger partial charge < -0.3 is 40.9 Å². The van der Waals surface area contributed by atoms with Crippen LogP contribution in [0.3, 0.4) is 0 Å². The normalized spacial score (nSPS) is 12.1. The lowest BCUT2D eigenvalue weighted by Gasteiger charge is -2.39. The molecule has 0 saturated heterocycles. The first-order valence-corrected chi connectivity index (χ1v) is 25.7. The van der Waals surface area contributed by atoms with Crippen LogP contribution in [0.2, 0.25) is 18.1 Å². The Labute approximate surface area is 398 Å². The number of benzene rings is 5. The molecule has 7 rings (SSSR count). The first-order chi connectivity index (χ1) is 32.4. The molecule has 2 amide bonds. The number of methoxy groups -OCH3 is 1. The second-order valence-corrected chi connectivity index (χ2v) is 23.5. The third-order valence-electron chi connectivity index (χ3n) is 12.6. The standard InChI is InChI=1S/C55H60N6O6Si/c1-34-26-36(14-10-9-11-25-57-33-48(67-68(7,8)55(3,4)5)42-20-23-47(62)52-43(42)21-24-49(63)61-52)19-22-46(34)60-54(65)39-16-12-15-37(29-39)28-38-27-35(2)50-44(30-38)51(45(32-58-50)53(56)64)59-40-17-13-18-41(31-40)66-6/h12-13,15-24,26-27,29-32,48,57,62H,9,11,25,28,33H2,1-8H3,(H2,56,64)(H,58,59)(H,60,65)(H,61,63)/t48-/m0/s1. The number of phenols is 1. The molecule has 7 aromatic rings. The summed E-state index contributed by atoms with van der Waals surface area (Å²) in [6.07, 6.45) is 3.26. The first kappa shape index (κ1) is 48.7. The van der Waals surface area contributed by atoms with Crippen LogP contribution in [0.1, 0.15) is 93.8 Å². The average molecular weight is 929 g/mol. The topological polar surface area (TPSA) is 181 Å². The molecule has 0 saturated carbocycles. The van der Waals surface area contributed by atoms with E-state index >= 15 is 0 Å². The summed E-state index contributed by atoms with van der Waals surface area (Å²) in [6.45, 7) is 16.3. The number of phenolic OH excluding ortho intramolecular Hbond substituents is 1. The molecule has 5 aromatic carbocycles. The lowest BCUT2D eigenvalue weighted by Crippen LogP contribution is -2.43. The molecule has 350 valence electrons. The lowest BCUT2D eigenvalue weighted by molar-refractivity contribution is 0.0998. The molecule has 0 bridgehead atoms. The molecule has 12 nitrogen and oxygen atoms in total. The van der Waals surface area contributed by atoms with E-state index < -0.39 is 14.2 Å². The molecule has 0 aliphatic heterocycles. The third kappa shape index (κ3) is 11.5. The van der Waals surface area contributed by atoms with E-state index in [0.29, 0.717) is 47.6 Å². The van der Waals surface area contributed by atoms with Crippen molar-refractivity contribution in [2.75, 3.05) is 30.8 Å². The summed E-state index contributed by atoms with van der Waals surface area (Å²) in [5.41, 5.74) is 15.0. The number of aromatic nitrogens is 2. The van der Waals surface area contributed by atoms with Crippen LogP contribution in [0, 0.1) is 25.7 Å². The minimum atomic E-state index is -2.19. The largest absolute Gasteiger partial charge is 0.506 e. The molecular formula is C55H60N6O6Si. The number of primary amides is 1. The van der Waals surface area contributed by atoms with Crippen molar-refractivity contribution < 1.29 is 23.9 Å². The van der Waals surface area contributed by atoms with Gasteiger partial charge in [0.1, 0.15) is 11.5 Å². The Bertz CT molecular complexity index is 3150. The number of aryl methyl sites for hydroxylation is 2. The predicted octanol–water partition coefficient (Wildman–Crippen LogP) is 10.6. The number of aromatic amines is 1. The van der Waals surface area contributed by atoms with Crippen molar-refractivity contribution in [1.82, 2.24) is 15.3 Å². The fourth-order valence-corrected chi connectivity index (χ4v) is 9.22. The number of carbonyl (C=O) groups is 2. The van der Waals surface area contributed by atoms with Crippen LogP contribution >= 0.6 is 0 Å². The van der Waals surface area contributed by atoms with Crippen molar-refractivity contribution in [3.63, 3.8) is 0 Å². The van der Waals surface area contributed by atoms with Gasteiger partial charge in [-0.05, 0) is 140 Å². The van der Waals surface area contributed by atoms with Crippen LogP contribution in [0.15, 0.2) is 114 Å². The van der Waals surface area contributed by atoms with E-state index in [0.717, 1.165) is 68.3 Å². The fourth-order valence-electron chi connectivity index (χ4n) is 7.94. The number of nitrogens with zero attached hydrogens (tertiary/aromatic N) is 1. The van der Waals surface area contributed by atoms with Crippen LogP contribution in [-0.4, -0.2) is 55.4 Å². The Morgan fingerprint density at radius 2 is 1.71 bits per heavy atom. The molecule has 0 radical (unpaired) electrons. The van der Waals surface area contributed by atoms with Gasteiger partial charge in [-0.15, -0.1) is 0 Å². The van der Waals surface area contributed by atoms with E-state index in [9.17, 15) is 19.5 Å². The minimum absolute atomic E-state index is 0.0131. The number of nitrogens with one attached hydrogen (secondary N) is 4. The van der Waals surface area contributed by atoms with Gasteiger partial charge >= 0.3 is 0 Å². The van der Waals surface area contributed by atoms with Gasteiger partial charge in [0.15, 0.2) is 8.32 Å². The predicted molar refractivity (Wildman–Crippen MR) is 276 cm³/mol. The molecule has 2 heterocycles. The number of carbonyl (C=O) groups excluding carboxylic acids is 2. The number of aromatic hydroxyl groups is 1. The van der Waals surface area contributed by atoms with E-state index in [-0.39, 0.29) is 33.9 Å². The number of unbranched alkanes of at least 4 members (excludes halogenated alkanes) is 1. The zero-order valence-electron chi connectivity index (χ0n) is 40.0. The number of hydrogen-bond acceptors (Lipinski definition) is 9. The van der Waals surface area contributed by atoms with E-state index in [4.69, 9.17) is 14.9 Å². The second kappa shape index (κ2) is 20.7. The molecule has 2 aromatic heterocycles. The summed E-state index contributed by atoms with van der Waals surface area (Å²) in [5, 5.41) is 22.1. The molecule has 1 atom stereocenters. The summed E-state index contributed by atoms with van der Waals surface area (Å²) in [4.78, 5) is 45.7. The zero-order valence-corrected chi connectivity index (χ0v) is 41.0. The maximum atomic E-state index is 13.6. The SMILES string of the molecule is COc1cccc(Nc2c(C(N)=O)cnc3c(C)cc(Cc4cccc(C(=O)Nc5ccc(C#CCCCNC[C@H](O[Si](C)(C)C(C)(C)C)c6ccc(O)c7[nH]c(=O)ccc67)cc5C)c4)cc23)c1. The van der Waals surface area contributed by atoms with E-state index in [1.807, 2.05) is 86.6 Å². The molecule has 0 aliphatic rings. The molecule has 0 unspecified atom stereocenters. The Hall–Kier alpha value is -7.24. The smallest absolute Gasteiger partial charge is 0.255 e. The summed E-state index contributed by atoms with van der Waals surface area (Å²) in [6, 6.07) is 31.6. The number of nitrogens with two attached hydrogens (primary N) is 1. The molecule has 68 heavy (non-hydrogen) atoms. The third-order valence-corrected chi connectivity index (χ3v) is 17.1. The van der Waals surface area contributed by atoms with Gasteiger partial charge in [-0.1, -0.05) is 62.9 Å². The first-order valence-electron chi connectivity index (χ1n) is 22.8. The van der Waals surface area contributed by atoms with Crippen LogP contribution in [-0.2, 0) is 10.8 Å². The van der Waals surface area contributed by atoms with Crippen LogP contribution in [0.25, 0.3) is 21.8 Å². The lowest BCUT2D eigenvalue weighted by atomic mass is 9.97. The Balaban J connectivity index is 0.969. The summed E-state index contributed by atoms with van der Waals surface area (Å²) < 4.78 is 12.3. The maximum Gasteiger partial charge on any atom is 0.255 e. The van der Waals surface area contributed by atoms with Crippen LogP contribution < -0.4 is 32.0 Å². The minimum Gasteiger partial charge on any atom is -0.506 e. The zero-order chi connectivity index (χ0) is 48.8. The van der Waals surface area contributed by atoms with Crippen molar-refractivity contribution >= 4 is 59.0 Å². The van der Waals surface area contributed by atoms with Crippen molar-refractivity contribution in [3.8, 4) is 23.3 Å². The highest BCUT2D eigenvalue weighted by molar-refractivity contribution is 6.74. The number of rotatable bonds is 16. The number of amides is 2. The van der Waals surface area contributed by atoms with Gasteiger partial charge in [-0.25, -0.2) is 0 Å². The molecular weight excluding hydrogens is 869 g/mol. The second-order valence-electron chi connectivity index (χ2n) is 18.7. The number of fused-ring (bicyclic) bond motifs is 2. The monoisotopic (exact) mass is 928 g/mol. The van der Waals surface area contributed by atoms with Crippen LogP contribution in [0.4, 0.5) is 17.1 Å². The molecule has 0 aliphatic carbocycles. The summed E-state index contributed by atoms with van der Waals surface area (Å²) in [5.74, 6) is 6.45. The van der Waals surface area contributed by atoms with Gasteiger partial charge in [-0.2, -0.15) is 0 Å². The van der Waals surface area contributed by atoms with Gasteiger partial charge in [0.25, 0.3) is 11.8 Å². The quantitative estimate of drug-likeness (QED) is 0.0312. The average Bonchev–Trinajstić information content (AvgIpc) is 3.29. The van der Waals surface area contributed by atoms with E-state index in [2.05, 4.69) is 77.7 Å². The Morgan fingerprint density at radius 1 is 0.912 bits per heavy atom. The van der Waals surface area contributed by atoms with Crippen LogP contribution in [0.5, 0.6) is 11.5 Å². The molecule has 0 fully saturated rings. The highest BCUT2D eigenvalue weighted by Gasteiger charge is 2.39. The van der Waals surface area contributed by atoms with Crippen molar-refractivity contribution in [1.29, 1.82) is 0 Å². The van der Waals surface area contributed by atoms with Crippen molar-refractivity contribution in [2.45, 2.75) is 78.1 Å². The van der Waals surface area contributed by atoms with E-state index in [1.54, 1.807) is 25.3 Å². The van der Waals surface area contributed by atoms with Gasteiger partial charge in [0.2, 0.25) is 5.56 Å². The molecule has 0 spiro atoms. The number of anilines is 3. The van der Waals surface area contributed by atoms with E-state index in [1.165, 1.54) is 12.3 Å². The Kier molecular flexibility index (Phi) is 14.8. The Morgan fingerprint density at radius 3 is 2.46 bits per heavy atom. The highest BCUT2D eigenvalue weighted by atomic mass is 28.4. The molecule has 13 heteroatoms. The summed E-state index contributed by atoms with van der Waals surface area (Å²) >= 11 is 0. The number of pyridine rings is 2. The fraction of sp³-hybridized carbons (Fsp3) is 0.273. The molecule has 7 N–H and O–H groups in total. The number of ether oxygens (including phenoxy) is 1. The number of hydrogen-bond donors (Lipinski definition) is 6.